The first-order valence-corrected chi connectivity index (χ1v) is 16.2. The van der Waals surface area contributed by atoms with Gasteiger partial charge in [-0.1, -0.05) is 37.6 Å². The Morgan fingerprint density at radius 3 is 1.83 bits per heavy atom. The van der Waals surface area contributed by atoms with Crippen molar-refractivity contribution in [3.05, 3.63) is 117 Å². The zero-order valence-electron chi connectivity index (χ0n) is 29.7. The molecule has 16 heteroatoms. The van der Waals surface area contributed by atoms with E-state index in [0.717, 1.165) is 29.8 Å². The molecule has 0 radical (unpaired) electrons. The molecule has 0 fully saturated rings. The van der Waals surface area contributed by atoms with E-state index in [4.69, 9.17) is 14.2 Å². The molecule has 0 spiro atoms. The topological polar surface area (TPSA) is 61.4 Å². The van der Waals surface area contributed by atoms with Crippen LogP contribution in [0.25, 0.3) is 11.1 Å². The number of methoxy groups -OCH3 is 1. The molecule has 4 aromatic rings. The highest BCUT2D eigenvalue weighted by Crippen LogP contribution is 2.41. The van der Waals surface area contributed by atoms with Gasteiger partial charge >= 0.3 is 24.7 Å². The predicted molar refractivity (Wildman–Crippen MR) is 175 cm³/mol. The Balaban J connectivity index is 0.00000784. The normalized spacial score (nSPS) is 13.3. The van der Waals surface area contributed by atoms with E-state index in [1.54, 1.807) is 39.8 Å². The highest BCUT2D eigenvalue weighted by Gasteiger charge is 2.40. The van der Waals surface area contributed by atoms with Gasteiger partial charge in [-0.25, -0.2) is 9.18 Å². The minimum atomic E-state index is -5.23. The van der Waals surface area contributed by atoms with E-state index in [1.165, 1.54) is 31.5 Å². The Kier molecular flexibility index (Phi) is 13.7. The molecular formula is C38H36ClF10NO4. The number of rotatable bonds is 10. The molecule has 0 heterocycles. The van der Waals surface area contributed by atoms with Crippen LogP contribution in [0, 0.1) is 19.7 Å². The van der Waals surface area contributed by atoms with Crippen molar-refractivity contribution < 1.29 is 80.6 Å². The molecule has 0 aliphatic heterocycles. The van der Waals surface area contributed by atoms with E-state index in [2.05, 4.69) is 0 Å². The second-order valence-electron chi connectivity index (χ2n) is 12.9. The van der Waals surface area contributed by atoms with E-state index in [-0.39, 0.29) is 64.7 Å². The summed E-state index contributed by atoms with van der Waals surface area (Å²) in [6, 6.07) is 9.51. The molecule has 0 aliphatic carbocycles. The van der Waals surface area contributed by atoms with Crippen LogP contribution in [0.5, 0.6) is 11.5 Å². The van der Waals surface area contributed by atoms with Crippen molar-refractivity contribution in [3.63, 3.8) is 0 Å². The number of ether oxygens (including phenoxy) is 3. The monoisotopic (exact) mass is 795 g/mol. The maximum Gasteiger partial charge on any atom is 0.514 e. The van der Waals surface area contributed by atoms with Crippen molar-refractivity contribution in [2.75, 3.05) is 7.11 Å². The summed E-state index contributed by atoms with van der Waals surface area (Å²) in [6.45, 7) is 7.72. The SMILES string of the molecule is COc1cc(F)c(C(C)C)cc1-c1ccc(C(F)(F)F)cc1C[NH2+][C@@H](C)[C@H](OC(=O)Oc1ccc(C)cc1C)c1cc(C(F)(F)F)cc(C(F)(F)F)c1.[Cl-]. The maximum atomic E-state index is 14.9. The molecule has 5 nitrogen and oxygen atoms in total. The molecule has 294 valence electrons. The van der Waals surface area contributed by atoms with E-state index < -0.39 is 64.9 Å². The van der Waals surface area contributed by atoms with Crippen LogP contribution in [-0.4, -0.2) is 19.3 Å². The molecule has 0 aromatic heterocycles. The van der Waals surface area contributed by atoms with Crippen molar-refractivity contribution in [2.45, 2.75) is 77.8 Å². The molecular weight excluding hydrogens is 760 g/mol. The molecule has 2 N–H and O–H groups in total. The van der Waals surface area contributed by atoms with E-state index in [1.807, 2.05) is 0 Å². The number of alkyl halides is 9. The predicted octanol–water partition coefficient (Wildman–Crippen LogP) is 7.71. The van der Waals surface area contributed by atoms with Gasteiger partial charge in [0.2, 0.25) is 0 Å². The van der Waals surface area contributed by atoms with E-state index >= 15 is 0 Å². The Hall–Kier alpha value is -4.50. The van der Waals surface area contributed by atoms with Gasteiger partial charge in [0.05, 0.1) is 23.8 Å². The van der Waals surface area contributed by atoms with Crippen LogP contribution in [-0.2, 0) is 29.8 Å². The summed E-state index contributed by atoms with van der Waals surface area (Å²) in [4.78, 5) is 13.1. The minimum Gasteiger partial charge on any atom is -1.00 e. The molecule has 0 aliphatic rings. The number of carbonyl (C=O) groups is 1. The third-order valence-electron chi connectivity index (χ3n) is 8.54. The molecule has 2 atom stereocenters. The van der Waals surface area contributed by atoms with Crippen LogP contribution in [0.2, 0.25) is 0 Å². The zero-order chi connectivity index (χ0) is 39.6. The first-order chi connectivity index (χ1) is 24.5. The van der Waals surface area contributed by atoms with Crippen LogP contribution >= 0.6 is 0 Å². The van der Waals surface area contributed by atoms with Crippen molar-refractivity contribution in [1.82, 2.24) is 0 Å². The summed E-state index contributed by atoms with van der Waals surface area (Å²) >= 11 is 0. The molecule has 0 saturated carbocycles. The quantitative estimate of drug-likeness (QED) is 0.102. The molecule has 0 bridgehead atoms. The molecule has 54 heavy (non-hydrogen) atoms. The largest absolute Gasteiger partial charge is 1.00 e. The lowest BCUT2D eigenvalue weighted by Gasteiger charge is -2.25. The second-order valence-corrected chi connectivity index (χ2v) is 12.9. The van der Waals surface area contributed by atoms with Gasteiger partial charge in [-0.2, -0.15) is 39.5 Å². The third-order valence-corrected chi connectivity index (χ3v) is 8.54. The number of benzene rings is 4. The molecule has 4 rings (SSSR count). The first kappa shape index (κ1) is 43.9. The Morgan fingerprint density at radius 2 is 1.31 bits per heavy atom. The maximum absolute atomic E-state index is 14.9. The summed E-state index contributed by atoms with van der Waals surface area (Å²) < 4.78 is 156. The number of aryl methyl sites for hydroxylation is 2. The van der Waals surface area contributed by atoms with Gasteiger partial charge < -0.3 is 31.9 Å². The van der Waals surface area contributed by atoms with Crippen LogP contribution < -0.4 is 27.2 Å². The average molecular weight is 796 g/mol. The fourth-order valence-corrected chi connectivity index (χ4v) is 5.79. The summed E-state index contributed by atoms with van der Waals surface area (Å²) in [5.74, 6) is -0.931. The molecule has 0 unspecified atom stereocenters. The summed E-state index contributed by atoms with van der Waals surface area (Å²) in [7, 11) is 1.24. The molecule has 0 saturated heterocycles. The van der Waals surface area contributed by atoms with Gasteiger partial charge in [0.1, 0.15) is 29.9 Å². The number of quaternary nitrogens is 1. The van der Waals surface area contributed by atoms with E-state index in [9.17, 15) is 48.7 Å². The second kappa shape index (κ2) is 16.9. The van der Waals surface area contributed by atoms with Crippen LogP contribution in [0.15, 0.2) is 66.7 Å². The average Bonchev–Trinajstić information content (AvgIpc) is 3.05. The smallest absolute Gasteiger partial charge is 0.514 e. The summed E-state index contributed by atoms with van der Waals surface area (Å²) in [6.07, 6.45) is -18.6. The fraction of sp³-hybridized carbons (Fsp3) is 0.342. The third kappa shape index (κ3) is 10.6. The number of hydrogen-bond donors (Lipinski definition) is 1. The molecule has 4 aromatic carbocycles. The van der Waals surface area contributed by atoms with Crippen LogP contribution in [0.4, 0.5) is 48.7 Å². The lowest BCUT2D eigenvalue weighted by molar-refractivity contribution is -0.708. The van der Waals surface area contributed by atoms with Crippen LogP contribution in [0.1, 0.15) is 77.3 Å². The first-order valence-electron chi connectivity index (χ1n) is 16.2. The highest BCUT2D eigenvalue weighted by atomic mass is 35.5. The van der Waals surface area contributed by atoms with Crippen molar-refractivity contribution in [2.24, 2.45) is 0 Å². The van der Waals surface area contributed by atoms with Crippen molar-refractivity contribution >= 4 is 6.16 Å². The van der Waals surface area contributed by atoms with Crippen molar-refractivity contribution in [3.8, 4) is 22.6 Å². The Bertz CT molecular complexity index is 1930. The fourth-order valence-electron chi connectivity index (χ4n) is 5.79. The van der Waals surface area contributed by atoms with Crippen molar-refractivity contribution in [1.29, 1.82) is 0 Å². The van der Waals surface area contributed by atoms with Gasteiger partial charge in [0.15, 0.2) is 6.10 Å². The number of nitrogens with two attached hydrogens (primary N) is 1. The highest BCUT2D eigenvalue weighted by molar-refractivity contribution is 5.75. The Labute approximate surface area is 311 Å². The standard InChI is InChI=1S/C38H35F10NO4.ClH/c1-19(2)29-16-30(33(51-6)17-31(29)39)28-9-8-25(36(40,41)42)14-24(28)18-49-22(5)34(53-35(50)52-32-10-7-20(3)11-21(32)4)23-12-26(37(43,44)45)15-27(13-23)38(46,47)48;/h7-17,19,22,34,49H,18H2,1-6H3;1H/t22-,34-;/m0./s1. The lowest BCUT2D eigenvalue weighted by atomic mass is 9.92. The number of hydrogen-bond acceptors (Lipinski definition) is 4. The van der Waals surface area contributed by atoms with Gasteiger partial charge in [-0.15, -0.1) is 0 Å². The van der Waals surface area contributed by atoms with E-state index in [0.29, 0.717) is 17.7 Å². The molecule has 0 amide bonds. The van der Waals surface area contributed by atoms with Gasteiger partial charge in [0.25, 0.3) is 0 Å². The summed E-state index contributed by atoms with van der Waals surface area (Å²) in [5.41, 5.74) is -3.14. The minimum absolute atomic E-state index is 0. The number of halogens is 11. The van der Waals surface area contributed by atoms with Gasteiger partial charge in [0, 0.05) is 17.2 Å². The lowest BCUT2D eigenvalue weighted by Crippen LogP contribution is -3.00. The summed E-state index contributed by atoms with van der Waals surface area (Å²) in [5, 5.41) is 1.29. The number of carbonyl (C=O) groups excluding carboxylic acids is 1. The zero-order valence-corrected chi connectivity index (χ0v) is 30.4. The Morgan fingerprint density at radius 1 is 0.722 bits per heavy atom. The van der Waals surface area contributed by atoms with Gasteiger partial charge in [-0.05, 0) is 91.4 Å². The van der Waals surface area contributed by atoms with Crippen LogP contribution in [0.3, 0.4) is 0 Å². The van der Waals surface area contributed by atoms with Gasteiger partial charge in [-0.3, -0.25) is 0 Å².